The predicted molar refractivity (Wildman–Crippen MR) is 48.7 cm³/mol. The Bertz CT molecular complexity index is 222. The minimum Gasteiger partial charge on any atom is -0.459 e. The summed E-state index contributed by atoms with van der Waals surface area (Å²) in [6.07, 6.45) is 0. The Morgan fingerprint density at radius 2 is 1.79 bits per heavy atom. The minimum atomic E-state index is -1.15. The van der Waals surface area contributed by atoms with Crippen molar-refractivity contribution < 1.29 is 19.2 Å². The molecule has 4 N–H and O–H groups in total. The Hall–Kier alpha value is -1.14. The topological polar surface area (TPSA) is 105 Å². The van der Waals surface area contributed by atoms with Gasteiger partial charge in [0.15, 0.2) is 5.92 Å². The zero-order valence-corrected chi connectivity index (χ0v) is 8.57. The van der Waals surface area contributed by atoms with Gasteiger partial charge in [0.25, 0.3) is 0 Å². The lowest BCUT2D eigenvalue weighted by molar-refractivity contribution is -0.168. The van der Waals surface area contributed by atoms with E-state index in [4.69, 9.17) is 10.5 Å². The van der Waals surface area contributed by atoms with Crippen LogP contribution >= 0.6 is 0 Å². The molecule has 1 unspecified atom stereocenters. The number of hydrogen-bond acceptors (Lipinski definition) is 6. The molecule has 6 nitrogen and oxygen atoms in total. The van der Waals surface area contributed by atoms with Crippen molar-refractivity contribution >= 4 is 11.9 Å². The maximum absolute atomic E-state index is 11.3. The van der Waals surface area contributed by atoms with Gasteiger partial charge in [-0.25, -0.2) is 4.79 Å². The first-order chi connectivity index (χ1) is 6.31. The summed E-state index contributed by atoms with van der Waals surface area (Å²) in [7, 11) is 0. The number of carbonyl (C=O) groups is 2. The van der Waals surface area contributed by atoms with Crippen LogP contribution in [0.1, 0.15) is 20.8 Å². The van der Waals surface area contributed by atoms with Crippen LogP contribution in [0.3, 0.4) is 0 Å². The number of rotatable bonds is 3. The maximum atomic E-state index is 11.3. The molecule has 1 atom stereocenters. The van der Waals surface area contributed by atoms with Crippen molar-refractivity contribution in [2.75, 3.05) is 6.54 Å². The smallest absolute Gasteiger partial charge is 0.340 e. The van der Waals surface area contributed by atoms with Crippen LogP contribution < -0.4 is 11.6 Å². The van der Waals surface area contributed by atoms with Gasteiger partial charge in [0, 0.05) is 6.54 Å². The molecule has 82 valence electrons. The van der Waals surface area contributed by atoms with Gasteiger partial charge in [-0.3, -0.25) is 4.79 Å². The number of carbonyl (C=O) groups excluding carboxylic acids is 2. The molecule has 0 amide bonds. The molecule has 0 fully saturated rings. The van der Waals surface area contributed by atoms with Gasteiger partial charge in [0.2, 0.25) is 0 Å². The quantitative estimate of drug-likeness (QED) is 0.358. The monoisotopic (exact) mass is 204 g/mol. The lowest BCUT2D eigenvalue weighted by Gasteiger charge is -2.21. The van der Waals surface area contributed by atoms with E-state index in [2.05, 4.69) is 10.7 Å². The third kappa shape index (κ3) is 4.20. The second-order valence-electron chi connectivity index (χ2n) is 3.76. The third-order valence-corrected chi connectivity index (χ3v) is 1.33. The van der Waals surface area contributed by atoms with Gasteiger partial charge in [0.1, 0.15) is 5.60 Å². The second-order valence-corrected chi connectivity index (χ2v) is 3.76. The summed E-state index contributed by atoms with van der Waals surface area (Å²) in [4.78, 5) is 26.2. The largest absolute Gasteiger partial charge is 0.459 e. The summed E-state index contributed by atoms with van der Waals surface area (Å²) in [6.45, 7) is 4.87. The molecule has 0 heterocycles. The molecule has 0 aliphatic rings. The van der Waals surface area contributed by atoms with Gasteiger partial charge in [0.05, 0.1) is 0 Å². The van der Waals surface area contributed by atoms with E-state index in [1.807, 2.05) is 0 Å². The van der Waals surface area contributed by atoms with Gasteiger partial charge in [-0.15, -0.1) is 0 Å². The minimum absolute atomic E-state index is 0.190. The van der Waals surface area contributed by atoms with Crippen LogP contribution in [-0.2, 0) is 19.2 Å². The van der Waals surface area contributed by atoms with Crippen molar-refractivity contribution in [3.05, 3.63) is 0 Å². The Labute approximate surface area is 82.5 Å². The van der Waals surface area contributed by atoms with E-state index in [1.54, 1.807) is 20.8 Å². The van der Waals surface area contributed by atoms with Crippen molar-refractivity contribution in [1.29, 1.82) is 0 Å². The molecule has 0 aliphatic heterocycles. The molecule has 0 aromatic heterocycles. The van der Waals surface area contributed by atoms with Crippen LogP contribution in [0.5, 0.6) is 0 Å². The standard InChI is InChI=1S/C8H16N2O4/c1-8(2,3)13-6(11)5(4-9)7(12)14-10/h5H,4,9-10H2,1-3H3. The van der Waals surface area contributed by atoms with Crippen LogP contribution in [0.2, 0.25) is 0 Å². The molecular weight excluding hydrogens is 188 g/mol. The van der Waals surface area contributed by atoms with E-state index in [0.717, 1.165) is 0 Å². The number of esters is 1. The highest BCUT2D eigenvalue weighted by Gasteiger charge is 2.31. The van der Waals surface area contributed by atoms with E-state index in [9.17, 15) is 9.59 Å². The SMILES string of the molecule is CC(C)(C)OC(=O)C(CN)C(=O)ON. The molecule has 0 radical (unpaired) electrons. The van der Waals surface area contributed by atoms with Crippen molar-refractivity contribution in [3.63, 3.8) is 0 Å². The lowest BCUT2D eigenvalue weighted by Crippen LogP contribution is -2.38. The van der Waals surface area contributed by atoms with E-state index in [0.29, 0.717) is 0 Å². The number of nitrogens with two attached hydrogens (primary N) is 2. The van der Waals surface area contributed by atoms with Gasteiger partial charge in [-0.1, -0.05) is 0 Å². The van der Waals surface area contributed by atoms with Crippen molar-refractivity contribution in [3.8, 4) is 0 Å². The van der Waals surface area contributed by atoms with Gasteiger partial charge < -0.3 is 15.3 Å². The Kier molecular flexibility index (Phi) is 4.52. The van der Waals surface area contributed by atoms with Crippen molar-refractivity contribution in [2.24, 2.45) is 17.5 Å². The molecule has 0 saturated carbocycles. The van der Waals surface area contributed by atoms with E-state index < -0.39 is 23.5 Å². The number of ether oxygens (including phenoxy) is 1. The zero-order valence-electron chi connectivity index (χ0n) is 8.57. The second kappa shape index (κ2) is 4.92. The van der Waals surface area contributed by atoms with Crippen LogP contribution in [0.25, 0.3) is 0 Å². The number of hydrogen-bond donors (Lipinski definition) is 2. The fourth-order valence-corrected chi connectivity index (χ4v) is 0.744. The highest BCUT2D eigenvalue weighted by molar-refractivity contribution is 5.95. The first-order valence-corrected chi connectivity index (χ1v) is 4.15. The molecule has 0 saturated heterocycles. The summed E-state index contributed by atoms with van der Waals surface area (Å²) >= 11 is 0. The molecule has 0 rings (SSSR count). The fraction of sp³-hybridized carbons (Fsp3) is 0.750. The highest BCUT2D eigenvalue weighted by Crippen LogP contribution is 2.11. The average molecular weight is 204 g/mol. The first kappa shape index (κ1) is 12.9. The molecule has 14 heavy (non-hydrogen) atoms. The zero-order chi connectivity index (χ0) is 11.4. The average Bonchev–Trinajstić information content (AvgIpc) is 2.01. The van der Waals surface area contributed by atoms with Gasteiger partial charge in [-0.2, -0.15) is 5.90 Å². The Balaban J connectivity index is 4.40. The molecule has 0 aliphatic carbocycles. The van der Waals surface area contributed by atoms with Crippen molar-refractivity contribution in [1.82, 2.24) is 0 Å². The Morgan fingerprint density at radius 1 is 1.29 bits per heavy atom. The normalized spacial score (nSPS) is 13.2. The molecule has 0 spiro atoms. The molecule has 6 heteroatoms. The molecule has 0 aromatic carbocycles. The summed E-state index contributed by atoms with van der Waals surface area (Å²) in [5, 5.41) is 0. The fourth-order valence-electron chi connectivity index (χ4n) is 0.744. The third-order valence-electron chi connectivity index (χ3n) is 1.33. The summed E-state index contributed by atoms with van der Waals surface area (Å²) in [5.74, 6) is 1.87. The van der Waals surface area contributed by atoms with Gasteiger partial charge in [-0.05, 0) is 20.8 Å². The highest BCUT2D eigenvalue weighted by atomic mass is 16.7. The van der Waals surface area contributed by atoms with Crippen molar-refractivity contribution in [2.45, 2.75) is 26.4 Å². The van der Waals surface area contributed by atoms with Crippen LogP contribution in [-0.4, -0.2) is 24.1 Å². The summed E-state index contributed by atoms with van der Waals surface area (Å²) in [5.41, 5.74) is 4.54. The van der Waals surface area contributed by atoms with Gasteiger partial charge >= 0.3 is 11.9 Å². The first-order valence-electron chi connectivity index (χ1n) is 4.15. The van der Waals surface area contributed by atoms with E-state index >= 15 is 0 Å². The maximum Gasteiger partial charge on any atom is 0.340 e. The molecule has 0 aromatic rings. The predicted octanol–water partition coefficient (Wildman–Crippen LogP) is -0.680. The Morgan fingerprint density at radius 3 is 2.07 bits per heavy atom. The van der Waals surface area contributed by atoms with E-state index in [1.165, 1.54) is 0 Å². The van der Waals surface area contributed by atoms with E-state index in [-0.39, 0.29) is 6.54 Å². The molecular formula is C8H16N2O4. The van der Waals surface area contributed by atoms with Crippen LogP contribution in [0.4, 0.5) is 0 Å². The van der Waals surface area contributed by atoms with Crippen LogP contribution in [0, 0.1) is 5.92 Å². The summed E-state index contributed by atoms with van der Waals surface area (Å²) < 4.78 is 4.94. The summed E-state index contributed by atoms with van der Waals surface area (Å²) in [6, 6.07) is 0. The lowest BCUT2D eigenvalue weighted by atomic mass is 10.1. The van der Waals surface area contributed by atoms with Crippen LogP contribution in [0.15, 0.2) is 0 Å². The molecule has 0 bridgehead atoms.